The van der Waals surface area contributed by atoms with Gasteiger partial charge in [-0.1, -0.05) is 6.42 Å². The van der Waals surface area contributed by atoms with Gasteiger partial charge in [-0.15, -0.1) is 12.3 Å². The van der Waals surface area contributed by atoms with Crippen molar-refractivity contribution >= 4 is 0 Å². The Morgan fingerprint density at radius 1 is 1.29 bits per heavy atom. The van der Waals surface area contributed by atoms with E-state index in [1.165, 1.54) is 0 Å². The summed E-state index contributed by atoms with van der Waals surface area (Å²) in [5.41, 5.74) is -0.168. The Morgan fingerprint density at radius 3 is 2.57 bits per heavy atom. The largest absolute Gasteiger partial charge is 0.316 e. The maximum atomic E-state index is 8.78. The Labute approximate surface area is 87.7 Å². The fourth-order valence-corrected chi connectivity index (χ4v) is 1.16. The van der Waals surface area contributed by atoms with Crippen LogP contribution in [-0.4, -0.2) is 13.1 Å². The van der Waals surface area contributed by atoms with Crippen molar-refractivity contribution in [2.24, 2.45) is 5.41 Å². The smallest absolute Gasteiger partial charge is 0.0683 e. The second-order valence-corrected chi connectivity index (χ2v) is 4.16. The summed E-state index contributed by atoms with van der Waals surface area (Å²) in [6, 6.07) is 2.31. The highest BCUT2D eigenvalue weighted by atomic mass is 14.8. The third-order valence-electron chi connectivity index (χ3n) is 2.15. The van der Waals surface area contributed by atoms with E-state index in [4.69, 9.17) is 11.7 Å². The average Bonchev–Trinajstić information content (AvgIpc) is 2.16. The molecule has 0 amide bonds. The van der Waals surface area contributed by atoms with Crippen LogP contribution in [0.15, 0.2) is 0 Å². The summed E-state index contributed by atoms with van der Waals surface area (Å²) in [5.74, 6) is 2.59. The summed E-state index contributed by atoms with van der Waals surface area (Å²) >= 11 is 0. The van der Waals surface area contributed by atoms with Crippen LogP contribution in [0.1, 0.15) is 39.5 Å². The Balaban J connectivity index is 3.24. The van der Waals surface area contributed by atoms with Gasteiger partial charge in [0.1, 0.15) is 0 Å². The number of nitrogens with zero attached hydrogens (tertiary/aromatic N) is 1. The molecule has 2 nitrogen and oxygen atoms in total. The summed E-state index contributed by atoms with van der Waals surface area (Å²) in [6.45, 7) is 5.87. The number of unbranched alkanes of at least 4 members (excludes halogenated alkanes) is 1. The predicted octanol–water partition coefficient (Wildman–Crippen LogP) is 2.32. The van der Waals surface area contributed by atoms with Crippen molar-refractivity contribution in [3.05, 3.63) is 0 Å². The molecule has 0 aliphatic rings. The van der Waals surface area contributed by atoms with Crippen molar-refractivity contribution in [1.82, 2.24) is 5.32 Å². The average molecular weight is 192 g/mol. The maximum Gasteiger partial charge on any atom is 0.0683 e. The van der Waals surface area contributed by atoms with E-state index < -0.39 is 0 Å². The van der Waals surface area contributed by atoms with Gasteiger partial charge in [0.25, 0.3) is 0 Å². The van der Waals surface area contributed by atoms with E-state index in [9.17, 15) is 0 Å². The van der Waals surface area contributed by atoms with Crippen LogP contribution in [0.2, 0.25) is 0 Å². The molecule has 0 heterocycles. The first kappa shape index (κ1) is 13.0. The van der Waals surface area contributed by atoms with Gasteiger partial charge in [0.05, 0.1) is 11.5 Å². The van der Waals surface area contributed by atoms with Gasteiger partial charge in [0, 0.05) is 13.0 Å². The number of nitriles is 1. The lowest BCUT2D eigenvalue weighted by Crippen LogP contribution is -2.17. The Morgan fingerprint density at radius 2 is 2.00 bits per heavy atom. The molecule has 0 fully saturated rings. The first-order chi connectivity index (χ1) is 6.62. The molecule has 0 aliphatic heterocycles. The quantitative estimate of drug-likeness (QED) is 0.496. The molecular weight excluding hydrogens is 172 g/mol. The molecule has 14 heavy (non-hydrogen) atoms. The normalized spacial score (nSPS) is 10.6. The van der Waals surface area contributed by atoms with Crippen LogP contribution in [0.3, 0.4) is 0 Å². The van der Waals surface area contributed by atoms with Gasteiger partial charge in [0.2, 0.25) is 0 Å². The summed E-state index contributed by atoms with van der Waals surface area (Å²) in [5, 5.41) is 12.0. The summed E-state index contributed by atoms with van der Waals surface area (Å²) in [6.07, 6.45) is 9.11. The second-order valence-electron chi connectivity index (χ2n) is 4.16. The molecule has 0 spiro atoms. The molecule has 0 saturated carbocycles. The Hall–Kier alpha value is -0.990. The molecule has 0 aliphatic carbocycles. The lowest BCUT2D eigenvalue weighted by atomic mass is 9.89. The van der Waals surface area contributed by atoms with Crippen molar-refractivity contribution in [1.29, 1.82) is 5.26 Å². The molecule has 0 aromatic rings. The van der Waals surface area contributed by atoms with E-state index in [0.29, 0.717) is 0 Å². The van der Waals surface area contributed by atoms with Crippen LogP contribution in [0.4, 0.5) is 0 Å². The lowest BCUT2D eigenvalue weighted by molar-refractivity contribution is 0.423. The number of nitrogens with one attached hydrogen (secondary N) is 1. The third-order valence-corrected chi connectivity index (χ3v) is 2.15. The zero-order valence-electron chi connectivity index (χ0n) is 9.27. The monoisotopic (exact) mass is 192 g/mol. The lowest BCUT2D eigenvalue weighted by Gasteiger charge is -2.14. The van der Waals surface area contributed by atoms with Crippen molar-refractivity contribution in [2.45, 2.75) is 39.5 Å². The Kier molecular flexibility index (Phi) is 6.89. The van der Waals surface area contributed by atoms with Crippen molar-refractivity contribution in [3.63, 3.8) is 0 Å². The highest BCUT2D eigenvalue weighted by Gasteiger charge is 2.14. The minimum atomic E-state index is -0.168. The number of hydrogen-bond donors (Lipinski definition) is 1. The zero-order chi connectivity index (χ0) is 10.9. The van der Waals surface area contributed by atoms with E-state index in [1.807, 2.05) is 13.8 Å². The molecule has 0 unspecified atom stereocenters. The summed E-state index contributed by atoms with van der Waals surface area (Å²) in [4.78, 5) is 0. The third kappa shape index (κ3) is 7.65. The van der Waals surface area contributed by atoms with E-state index in [0.717, 1.165) is 38.8 Å². The van der Waals surface area contributed by atoms with Crippen LogP contribution in [0, 0.1) is 29.1 Å². The number of rotatable bonds is 7. The van der Waals surface area contributed by atoms with Gasteiger partial charge in [-0.2, -0.15) is 5.26 Å². The number of hydrogen-bond acceptors (Lipinski definition) is 2. The van der Waals surface area contributed by atoms with E-state index in [1.54, 1.807) is 0 Å². The molecule has 0 rings (SSSR count). The molecule has 1 N–H and O–H groups in total. The van der Waals surface area contributed by atoms with Crippen LogP contribution in [-0.2, 0) is 0 Å². The molecule has 0 aromatic heterocycles. The number of terminal acetylenes is 1. The van der Waals surface area contributed by atoms with Crippen LogP contribution >= 0.6 is 0 Å². The summed E-state index contributed by atoms with van der Waals surface area (Å²) < 4.78 is 0. The maximum absolute atomic E-state index is 8.78. The molecule has 0 saturated heterocycles. The molecule has 78 valence electrons. The molecule has 0 atom stereocenters. The first-order valence-electron chi connectivity index (χ1n) is 5.18. The Bertz CT molecular complexity index is 217. The zero-order valence-corrected chi connectivity index (χ0v) is 9.27. The van der Waals surface area contributed by atoms with E-state index in [2.05, 4.69) is 17.3 Å². The molecule has 0 radical (unpaired) electrons. The van der Waals surface area contributed by atoms with Crippen LogP contribution in [0.25, 0.3) is 0 Å². The van der Waals surface area contributed by atoms with Gasteiger partial charge >= 0.3 is 0 Å². The van der Waals surface area contributed by atoms with E-state index in [-0.39, 0.29) is 5.41 Å². The van der Waals surface area contributed by atoms with Crippen LogP contribution in [0.5, 0.6) is 0 Å². The highest BCUT2D eigenvalue weighted by Crippen LogP contribution is 2.21. The SMILES string of the molecule is C#CCCNCCCCC(C)(C)C#N. The van der Waals surface area contributed by atoms with Gasteiger partial charge in [-0.25, -0.2) is 0 Å². The topological polar surface area (TPSA) is 35.8 Å². The molecule has 0 aromatic carbocycles. The van der Waals surface area contributed by atoms with Crippen LogP contribution < -0.4 is 5.32 Å². The molecule has 0 bridgehead atoms. The standard InChI is InChI=1S/C12H20N2/c1-4-5-9-14-10-7-6-8-12(2,3)11-13/h1,14H,5-10H2,2-3H3. The van der Waals surface area contributed by atoms with Gasteiger partial charge < -0.3 is 5.32 Å². The first-order valence-corrected chi connectivity index (χ1v) is 5.18. The van der Waals surface area contributed by atoms with Crippen molar-refractivity contribution in [3.8, 4) is 18.4 Å². The summed E-state index contributed by atoms with van der Waals surface area (Å²) in [7, 11) is 0. The molecular formula is C12H20N2. The van der Waals surface area contributed by atoms with Crippen molar-refractivity contribution in [2.75, 3.05) is 13.1 Å². The minimum absolute atomic E-state index is 0.168. The minimum Gasteiger partial charge on any atom is -0.316 e. The van der Waals surface area contributed by atoms with Gasteiger partial charge in [-0.3, -0.25) is 0 Å². The molecule has 2 heteroatoms. The predicted molar refractivity (Wildman–Crippen MR) is 59.6 cm³/mol. The van der Waals surface area contributed by atoms with Crippen molar-refractivity contribution < 1.29 is 0 Å². The second kappa shape index (κ2) is 7.42. The van der Waals surface area contributed by atoms with Gasteiger partial charge in [0.15, 0.2) is 0 Å². The van der Waals surface area contributed by atoms with Gasteiger partial charge in [-0.05, 0) is 33.2 Å². The fourth-order valence-electron chi connectivity index (χ4n) is 1.16. The fraction of sp³-hybridized carbons (Fsp3) is 0.750. The van der Waals surface area contributed by atoms with E-state index >= 15 is 0 Å². The highest BCUT2D eigenvalue weighted by molar-refractivity contribution is 4.91.